The molecule has 0 spiro atoms. The van der Waals surface area contributed by atoms with E-state index in [1.54, 1.807) is 0 Å². The van der Waals surface area contributed by atoms with Crippen LogP contribution in [0, 0.1) is 0 Å². The van der Waals surface area contributed by atoms with E-state index in [9.17, 15) is 0 Å². The summed E-state index contributed by atoms with van der Waals surface area (Å²) in [6, 6.07) is 70.3. The Labute approximate surface area is 331 Å². The van der Waals surface area contributed by atoms with E-state index in [-0.39, 0.29) is 10.8 Å². The molecule has 0 radical (unpaired) electrons. The van der Waals surface area contributed by atoms with Crippen LogP contribution in [0.2, 0.25) is 0 Å². The van der Waals surface area contributed by atoms with Crippen molar-refractivity contribution in [3.8, 4) is 33.4 Å². The Morgan fingerprint density at radius 2 is 1.00 bits per heavy atom. The minimum Gasteiger partial charge on any atom is -0.310 e. The molecular weight excluding hydrogens is 675 g/mol. The van der Waals surface area contributed by atoms with Crippen LogP contribution in [-0.2, 0) is 10.8 Å². The van der Waals surface area contributed by atoms with Crippen LogP contribution in [0.5, 0.6) is 0 Å². The van der Waals surface area contributed by atoms with Gasteiger partial charge in [-0.05, 0) is 122 Å². The predicted octanol–water partition coefficient (Wildman–Crippen LogP) is 15.2. The third-order valence-electron chi connectivity index (χ3n) is 12.9. The van der Waals surface area contributed by atoms with E-state index in [1.807, 2.05) is 0 Å². The Hall–Kier alpha value is -6.18. The molecule has 1 saturated carbocycles. The molecule has 0 heterocycles. The summed E-state index contributed by atoms with van der Waals surface area (Å²) in [6.07, 6.45) is 6.24. The van der Waals surface area contributed by atoms with Gasteiger partial charge in [0.1, 0.15) is 0 Å². The summed E-state index contributed by atoms with van der Waals surface area (Å²) >= 11 is 0. The van der Waals surface area contributed by atoms with E-state index in [2.05, 4.69) is 207 Å². The lowest BCUT2D eigenvalue weighted by Gasteiger charge is -2.39. The minimum absolute atomic E-state index is 0.0566. The molecule has 1 fully saturated rings. The summed E-state index contributed by atoms with van der Waals surface area (Å²) in [5.41, 5.74) is 16.7. The van der Waals surface area contributed by atoms with E-state index < -0.39 is 0 Å². The van der Waals surface area contributed by atoms with Crippen LogP contribution < -0.4 is 4.90 Å². The lowest BCUT2D eigenvalue weighted by atomic mass is 9.65. The molecule has 56 heavy (non-hydrogen) atoms. The predicted molar refractivity (Wildman–Crippen MR) is 237 cm³/mol. The van der Waals surface area contributed by atoms with E-state index in [0.29, 0.717) is 0 Å². The van der Waals surface area contributed by atoms with Crippen LogP contribution in [0.15, 0.2) is 188 Å². The van der Waals surface area contributed by atoms with Crippen molar-refractivity contribution in [1.29, 1.82) is 0 Å². The smallest absolute Gasteiger partial charge is 0.0468 e. The van der Waals surface area contributed by atoms with Crippen molar-refractivity contribution in [2.24, 2.45) is 0 Å². The number of benzene rings is 8. The number of rotatable bonds is 7. The number of fused-ring (bicyclic) bond motifs is 4. The molecule has 0 amide bonds. The first-order valence-corrected chi connectivity index (χ1v) is 20.4. The molecule has 0 bridgehead atoms. The van der Waals surface area contributed by atoms with Gasteiger partial charge >= 0.3 is 0 Å². The summed E-state index contributed by atoms with van der Waals surface area (Å²) in [7, 11) is 0. The Morgan fingerprint density at radius 1 is 0.393 bits per heavy atom. The monoisotopic (exact) mass is 721 g/mol. The minimum atomic E-state index is -0.103. The molecule has 1 nitrogen and oxygen atoms in total. The Morgan fingerprint density at radius 3 is 1.73 bits per heavy atom. The van der Waals surface area contributed by atoms with Crippen molar-refractivity contribution >= 4 is 27.8 Å². The van der Waals surface area contributed by atoms with Crippen LogP contribution in [0.25, 0.3) is 44.2 Å². The van der Waals surface area contributed by atoms with Gasteiger partial charge in [-0.2, -0.15) is 0 Å². The Balaban J connectivity index is 1.11. The van der Waals surface area contributed by atoms with Gasteiger partial charge in [0.2, 0.25) is 0 Å². The molecule has 0 aromatic heterocycles. The molecule has 0 saturated heterocycles. The molecule has 272 valence electrons. The van der Waals surface area contributed by atoms with Crippen LogP contribution in [0.1, 0.15) is 68.2 Å². The highest BCUT2D eigenvalue weighted by Crippen LogP contribution is 2.54. The Bertz CT molecular complexity index is 2660. The largest absolute Gasteiger partial charge is 0.310 e. The highest BCUT2D eigenvalue weighted by molar-refractivity contribution is 5.95. The maximum Gasteiger partial charge on any atom is 0.0468 e. The summed E-state index contributed by atoms with van der Waals surface area (Å²) in [4.78, 5) is 2.46. The van der Waals surface area contributed by atoms with Crippen molar-refractivity contribution in [3.63, 3.8) is 0 Å². The van der Waals surface area contributed by atoms with Crippen molar-refractivity contribution in [2.75, 3.05) is 4.90 Å². The van der Waals surface area contributed by atoms with Crippen molar-refractivity contribution < 1.29 is 0 Å². The molecule has 2 aliphatic rings. The first-order valence-electron chi connectivity index (χ1n) is 20.4. The van der Waals surface area contributed by atoms with Crippen molar-refractivity contribution in [3.05, 3.63) is 210 Å². The summed E-state index contributed by atoms with van der Waals surface area (Å²) in [5.74, 6) is 0. The highest BCUT2D eigenvalue weighted by atomic mass is 15.1. The second kappa shape index (κ2) is 13.8. The van der Waals surface area contributed by atoms with Gasteiger partial charge in [-0.15, -0.1) is 0 Å². The molecule has 0 aliphatic heterocycles. The number of hydrogen-bond acceptors (Lipinski definition) is 1. The lowest BCUT2D eigenvalue weighted by Crippen LogP contribution is -2.30. The average molecular weight is 722 g/mol. The standard InChI is InChI=1S/C55H47N/c1-54(2)51-34-33-48(38-50(51)53-49(21-14-22-52(53)54)41-16-6-3-7-17-41)56(46-29-25-40(26-30-46)43-24-23-39-15-10-11-18-42(39)37-43)47-31-27-45(28-32-47)55(35-12-5-13-36-55)44-19-8-4-9-20-44/h3-4,6-11,14-34,37-38H,5,12-13,35-36H2,1-2H3. The van der Waals surface area contributed by atoms with Gasteiger partial charge in [-0.3, -0.25) is 0 Å². The second-order valence-electron chi connectivity index (χ2n) is 16.4. The fourth-order valence-corrected chi connectivity index (χ4v) is 9.99. The number of nitrogens with zero attached hydrogens (tertiary/aromatic N) is 1. The third-order valence-corrected chi connectivity index (χ3v) is 12.9. The zero-order valence-electron chi connectivity index (χ0n) is 32.4. The molecule has 0 atom stereocenters. The van der Waals surface area contributed by atoms with Crippen LogP contribution in [0.4, 0.5) is 17.1 Å². The van der Waals surface area contributed by atoms with Crippen LogP contribution in [0.3, 0.4) is 0 Å². The quantitative estimate of drug-likeness (QED) is 0.158. The first-order chi connectivity index (χ1) is 27.5. The molecule has 8 aromatic carbocycles. The Kier molecular flexibility index (Phi) is 8.48. The van der Waals surface area contributed by atoms with Crippen molar-refractivity contribution in [2.45, 2.75) is 56.8 Å². The molecule has 0 N–H and O–H groups in total. The van der Waals surface area contributed by atoms with Gasteiger partial charge in [0.05, 0.1) is 0 Å². The molecule has 10 rings (SSSR count). The van der Waals surface area contributed by atoms with Gasteiger partial charge in [0.25, 0.3) is 0 Å². The summed E-state index contributed by atoms with van der Waals surface area (Å²) < 4.78 is 0. The van der Waals surface area contributed by atoms with E-state index in [4.69, 9.17) is 0 Å². The molecular formula is C55H47N. The van der Waals surface area contributed by atoms with Gasteiger partial charge in [0.15, 0.2) is 0 Å². The molecule has 8 aromatic rings. The van der Waals surface area contributed by atoms with Gasteiger partial charge in [-0.25, -0.2) is 0 Å². The molecule has 0 unspecified atom stereocenters. The average Bonchev–Trinajstić information content (AvgIpc) is 3.50. The maximum absolute atomic E-state index is 2.46. The first kappa shape index (κ1) is 34.3. The maximum atomic E-state index is 2.46. The summed E-state index contributed by atoms with van der Waals surface area (Å²) in [6.45, 7) is 4.75. The number of hydrogen-bond donors (Lipinski definition) is 0. The molecule has 1 heteroatoms. The topological polar surface area (TPSA) is 3.24 Å². The SMILES string of the molecule is CC1(C)c2ccc(N(c3ccc(-c4ccc5ccccc5c4)cc3)c3ccc(C4(c5ccccc5)CCCCC4)cc3)cc2-c2c(-c3ccccc3)cccc21. The van der Waals surface area contributed by atoms with Crippen LogP contribution >= 0.6 is 0 Å². The summed E-state index contributed by atoms with van der Waals surface area (Å²) in [5, 5.41) is 2.53. The fraction of sp³-hybridized carbons (Fsp3) is 0.164. The number of anilines is 3. The van der Waals surface area contributed by atoms with Gasteiger partial charge < -0.3 is 4.90 Å². The van der Waals surface area contributed by atoms with E-state index in [1.165, 1.54) is 104 Å². The van der Waals surface area contributed by atoms with Crippen molar-refractivity contribution in [1.82, 2.24) is 0 Å². The zero-order chi connectivity index (χ0) is 37.7. The van der Waals surface area contributed by atoms with Gasteiger partial charge in [-0.1, -0.05) is 179 Å². The van der Waals surface area contributed by atoms with E-state index >= 15 is 0 Å². The van der Waals surface area contributed by atoms with E-state index in [0.717, 1.165) is 11.4 Å². The van der Waals surface area contributed by atoms with Gasteiger partial charge in [0, 0.05) is 27.9 Å². The molecule has 2 aliphatic carbocycles. The van der Waals surface area contributed by atoms with Crippen LogP contribution in [-0.4, -0.2) is 0 Å². The lowest BCUT2D eigenvalue weighted by molar-refractivity contribution is 0.346. The zero-order valence-corrected chi connectivity index (χ0v) is 32.4. The second-order valence-corrected chi connectivity index (χ2v) is 16.4. The normalized spacial score (nSPS) is 15.2. The highest BCUT2D eigenvalue weighted by Gasteiger charge is 2.38. The third kappa shape index (κ3) is 5.77. The fourth-order valence-electron chi connectivity index (χ4n) is 9.99.